The van der Waals surface area contributed by atoms with Gasteiger partial charge >= 0.3 is 0 Å². The maximum Gasteiger partial charge on any atom is 0.119 e. The predicted molar refractivity (Wildman–Crippen MR) is 64.4 cm³/mol. The first-order valence-corrected chi connectivity index (χ1v) is 5.26. The van der Waals surface area contributed by atoms with E-state index in [1.807, 2.05) is 19.2 Å². The van der Waals surface area contributed by atoms with Gasteiger partial charge in [-0.15, -0.1) is 0 Å². The van der Waals surface area contributed by atoms with E-state index in [4.69, 9.17) is 4.74 Å². The van der Waals surface area contributed by atoms with Crippen LogP contribution in [-0.4, -0.2) is 19.7 Å². The number of rotatable bonds is 6. The van der Waals surface area contributed by atoms with Gasteiger partial charge in [0.2, 0.25) is 0 Å². The van der Waals surface area contributed by atoms with Crippen molar-refractivity contribution in [3.05, 3.63) is 42.5 Å². The highest BCUT2D eigenvalue weighted by Gasteiger charge is 2.00. The Morgan fingerprint density at radius 1 is 1.40 bits per heavy atom. The average molecular weight is 205 g/mol. The van der Waals surface area contributed by atoms with Crippen molar-refractivity contribution in [2.75, 3.05) is 13.7 Å². The molecule has 0 bridgehead atoms. The molecule has 2 nitrogen and oxygen atoms in total. The molecular formula is C13H19NO. The molecule has 1 rings (SSSR count). The van der Waals surface area contributed by atoms with Crippen molar-refractivity contribution in [2.24, 2.45) is 0 Å². The number of benzene rings is 1. The van der Waals surface area contributed by atoms with Crippen molar-refractivity contribution in [3.8, 4) is 5.75 Å². The molecule has 2 heteroatoms. The summed E-state index contributed by atoms with van der Waals surface area (Å²) in [5.74, 6) is 0.899. The number of hydrogen-bond acceptors (Lipinski definition) is 2. The Bertz CT molecular complexity index is 292. The molecule has 0 radical (unpaired) electrons. The summed E-state index contributed by atoms with van der Waals surface area (Å²) in [7, 11) is 1.98. The Morgan fingerprint density at radius 2 is 2.07 bits per heavy atom. The summed E-state index contributed by atoms with van der Waals surface area (Å²) < 4.78 is 5.41. The van der Waals surface area contributed by atoms with Gasteiger partial charge in [-0.05, 0) is 38.1 Å². The van der Waals surface area contributed by atoms with Crippen LogP contribution in [-0.2, 0) is 6.42 Å². The lowest BCUT2D eigenvalue weighted by molar-refractivity contribution is 0.363. The molecule has 0 fully saturated rings. The number of hydrogen-bond donors (Lipinski definition) is 1. The predicted octanol–water partition coefficient (Wildman–Crippen LogP) is 2.40. The van der Waals surface area contributed by atoms with Crippen LogP contribution in [0, 0.1) is 0 Å². The Hall–Kier alpha value is -1.28. The standard InChI is InChI=1S/C13H19NO/c1-4-9-15-13-7-5-12(6-8-13)10-11(2)14-3/h4-8,11,14H,1,9-10H2,2-3H3. The van der Waals surface area contributed by atoms with E-state index < -0.39 is 0 Å². The zero-order valence-corrected chi connectivity index (χ0v) is 9.49. The second-order valence-corrected chi connectivity index (χ2v) is 3.64. The van der Waals surface area contributed by atoms with Gasteiger partial charge in [-0.1, -0.05) is 24.8 Å². The van der Waals surface area contributed by atoms with Gasteiger partial charge in [0.1, 0.15) is 12.4 Å². The topological polar surface area (TPSA) is 21.3 Å². The molecule has 15 heavy (non-hydrogen) atoms. The summed E-state index contributed by atoms with van der Waals surface area (Å²) in [6, 6.07) is 8.71. The van der Waals surface area contributed by atoms with E-state index in [-0.39, 0.29) is 0 Å². The van der Waals surface area contributed by atoms with Crippen LogP contribution in [0.1, 0.15) is 12.5 Å². The number of ether oxygens (including phenoxy) is 1. The lowest BCUT2D eigenvalue weighted by Gasteiger charge is -2.10. The average Bonchev–Trinajstić information content (AvgIpc) is 2.28. The lowest BCUT2D eigenvalue weighted by atomic mass is 10.1. The van der Waals surface area contributed by atoms with Crippen LogP contribution in [0.2, 0.25) is 0 Å². The summed E-state index contributed by atoms with van der Waals surface area (Å²) in [5, 5.41) is 3.22. The molecule has 0 spiro atoms. The molecule has 1 aromatic rings. The molecule has 1 unspecified atom stereocenters. The monoisotopic (exact) mass is 205 g/mol. The maximum absolute atomic E-state index is 5.41. The fourth-order valence-corrected chi connectivity index (χ4v) is 1.33. The van der Waals surface area contributed by atoms with Gasteiger partial charge in [0.25, 0.3) is 0 Å². The molecule has 1 aromatic carbocycles. The molecule has 82 valence electrons. The van der Waals surface area contributed by atoms with E-state index in [0.29, 0.717) is 12.6 Å². The minimum atomic E-state index is 0.505. The van der Waals surface area contributed by atoms with E-state index >= 15 is 0 Å². The third kappa shape index (κ3) is 4.17. The molecule has 1 N–H and O–H groups in total. The van der Waals surface area contributed by atoms with Crippen LogP contribution in [0.4, 0.5) is 0 Å². The fraction of sp³-hybridized carbons (Fsp3) is 0.385. The number of likely N-dealkylation sites (N-methyl/N-ethyl adjacent to an activating group) is 1. The van der Waals surface area contributed by atoms with Crippen molar-refractivity contribution < 1.29 is 4.74 Å². The van der Waals surface area contributed by atoms with E-state index in [0.717, 1.165) is 12.2 Å². The first-order chi connectivity index (χ1) is 7.26. The van der Waals surface area contributed by atoms with Crippen LogP contribution in [0.15, 0.2) is 36.9 Å². The van der Waals surface area contributed by atoms with Gasteiger partial charge in [-0.3, -0.25) is 0 Å². The molecule has 0 heterocycles. The third-order valence-corrected chi connectivity index (χ3v) is 2.33. The molecule has 0 aliphatic heterocycles. The fourth-order valence-electron chi connectivity index (χ4n) is 1.33. The van der Waals surface area contributed by atoms with E-state index in [2.05, 4.69) is 31.0 Å². The van der Waals surface area contributed by atoms with Gasteiger partial charge in [-0.25, -0.2) is 0 Å². The van der Waals surface area contributed by atoms with Crippen LogP contribution < -0.4 is 10.1 Å². The zero-order valence-electron chi connectivity index (χ0n) is 9.49. The van der Waals surface area contributed by atoms with Crippen molar-refractivity contribution in [1.29, 1.82) is 0 Å². The quantitative estimate of drug-likeness (QED) is 0.720. The highest BCUT2D eigenvalue weighted by Crippen LogP contribution is 2.13. The van der Waals surface area contributed by atoms with Crippen molar-refractivity contribution in [2.45, 2.75) is 19.4 Å². The van der Waals surface area contributed by atoms with E-state index in [1.54, 1.807) is 6.08 Å². The highest BCUT2D eigenvalue weighted by atomic mass is 16.5. The van der Waals surface area contributed by atoms with E-state index in [9.17, 15) is 0 Å². The Kier molecular flexibility index (Phi) is 4.91. The van der Waals surface area contributed by atoms with Gasteiger partial charge in [0.05, 0.1) is 0 Å². The van der Waals surface area contributed by atoms with Crippen molar-refractivity contribution in [1.82, 2.24) is 5.32 Å². The van der Waals surface area contributed by atoms with Crippen LogP contribution >= 0.6 is 0 Å². The molecule has 0 aliphatic rings. The van der Waals surface area contributed by atoms with Crippen LogP contribution in [0.5, 0.6) is 5.75 Å². The van der Waals surface area contributed by atoms with Crippen molar-refractivity contribution in [3.63, 3.8) is 0 Å². The second-order valence-electron chi connectivity index (χ2n) is 3.64. The Balaban J connectivity index is 2.52. The SMILES string of the molecule is C=CCOc1ccc(CC(C)NC)cc1. The van der Waals surface area contributed by atoms with E-state index in [1.165, 1.54) is 5.56 Å². The summed E-state index contributed by atoms with van der Waals surface area (Å²) in [4.78, 5) is 0. The van der Waals surface area contributed by atoms with Gasteiger partial charge in [-0.2, -0.15) is 0 Å². The minimum absolute atomic E-state index is 0.505. The lowest BCUT2D eigenvalue weighted by Crippen LogP contribution is -2.23. The molecule has 0 saturated carbocycles. The van der Waals surface area contributed by atoms with Gasteiger partial charge in [0.15, 0.2) is 0 Å². The largest absolute Gasteiger partial charge is 0.490 e. The van der Waals surface area contributed by atoms with Crippen molar-refractivity contribution >= 4 is 0 Å². The number of nitrogens with one attached hydrogen (secondary N) is 1. The maximum atomic E-state index is 5.41. The first-order valence-electron chi connectivity index (χ1n) is 5.26. The molecule has 0 aromatic heterocycles. The van der Waals surface area contributed by atoms with Crippen LogP contribution in [0.25, 0.3) is 0 Å². The third-order valence-electron chi connectivity index (χ3n) is 2.33. The molecule has 0 aliphatic carbocycles. The zero-order chi connectivity index (χ0) is 11.1. The minimum Gasteiger partial charge on any atom is -0.490 e. The molecule has 0 saturated heterocycles. The Labute approximate surface area is 92.0 Å². The summed E-state index contributed by atoms with van der Waals surface area (Å²) in [6.45, 7) is 6.34. The molecule has 0 amide bonds. The molecular weight excluding hydrogens is 186 g/mol. The highest BCUT2D eigenvalue weighted by molar-refractivity contribution is 5.27. The van der Waals surface area contributed by atoms with Gasteiger partial charge < -0.3 is 10.1 Å². The van der Waals surface area contributed by atoms with Crippen LogP contribution in [0.3, 0.4) is 0 Å². The normalized spacial score (nSPS) is 12.1. The Morgan fingerprint density at radius 3 is 2.60 bits per heavy atom. The molecule has 1 atom stereocenters. The summed E-state index contributed by atoms with van der Waals surface area (Å²) >= 11 is 0. The smallest absolute Gasteiger partial charge is 0.119 e. The summed E-state index contributed by atoms with van der Waals surface area (Å²) in [5.41, 5.74) is 1.32. The summed E-state index contributed by atoms with van der Waals surface area (Å²) in [6.07, 6.45) is 2.79. The first kappa shape index (κ1) is 11.8. The second kappa shape index (κ2) is 6.25. The van der Waals surface area contributed by atoms with Gasteiger partial charge in [0, 0.05) is 6.04 Å².